The number of benzene rings is 1. The highest BCUT2D eigenvalue weighted by atomic mass is 16.5. The molecule has 2 saturated heterocycles. The second kappa shape index (κ2) is 15.0. The molecule has 2 aromatic rings. The van der Waals surface area contributed by atoms with E-state index in [-0.39, 0.29) is 23.7 Å². The summed E-state index contributed by atoms with van der Waals surface area (Å²) in [6.07, 6.45) is 56.3. The van der Waals surface area contributed by atoms with Crippen LogP contribution in [0.25, 0.3) is 11.0 Å². The maximum Gasteiger partial charge on any atom is 0.134 e. The van der Waals surface area contributed by atoms with Crippen molar-refractivity contribution in [3.8, 4) is 0 Å². The van der Waals surface area contributed by atoms with E-state index in [1.165, 1.54) is 83.5 Å². The predicted octanol–water partition coefficient (Wildman–Crippen LogP) is 13.2. The van der Waals surface area contributed by atoms with Crippen LogP contribution in [-0.4, -0.2) is 29.3 Å². The van der Waals surface area contributed by atoms with E-state index in [1.807, 2.05) is 0 Å². The van der Waals surface area contributed by atoms with Crippen LogP contribution in [0, 0.1) is 35.0 Å². The van der Waals surface area contributed by atoms with Crippen molar-refractivity contribution in [2.45, 2.75) is 133 Å². The first-order chi connectivity index (χ1) is 29.2. The van der Waals surface area contributed by atoms with Gasteiger partial charge in [-0.05, 0) is 162 Å². The van der Waals surface area contributed by atoms with Crippen molar-refractivity contribution in [1.82, 2.24) is 4.90 Å². The maximum atomic E-state index is 7.41. The van der Waals surface area contributed by atoms with E-state index in [1.54, 1.807) is 0 Å². The Morgan fingerprint density at radius 1 is 0.746 bits per heavy atom. The minimum atomic E-state index is 0.00271. The molecule has 8 aliphatic carbocycles. The van der Waals surface area contributed by atoms with Gasteiger partial charge in [0.15, 0.2) is 0 Å². The summed E-state index contributed by atoms with van der Waals surface area (Å²) in [6.45, 7) is 0. The van der Waals surface area contributed by atoms with Gasteiger partial charge in [-0.25, -0.2) is 0 Å². The van der Waals surface area contributed by atoms with E-state index in [0.29, 0.717) is 41.5 Å². The van der Waals surface area contributed by atoms with Crippen molar-refractivity contribution in [3.63, 3.8) is 0 Å². The predicted molar refractivity (Wildman–Crippen MR) is 237 cm³/mol. The van der Waals surface area contributed by atoms with Crippen LogP contribution in [-0.2, 0) is 15.9 Å². The van der Waals surface area contributed by atoms with Crippen molar-refractivity contribution in [1.29, 1.82) is 0 Å². The Morgan fingerprint density at radius 2 is 1.69 bits per heavy atom. The summed E-state index contributed by atoms with van der Waals surface area (Å²) < 4.78 is 21.1. The van der Waals surface area contributed by atoms with Gasteiger partial charge in [-0.1, -0.05) is 85.0 Å². The summed E-state index contributed by atoms with van der Waals surface area (Å²) >= 11 is 0. The van der Waals surface area contributed by atoms with Gasteiger partial charge in [0.05, 0.1) is 18.2 Å². The first kappa shape index (κ1) is 36.6. The molecule has 3 fully saturated rings. The fraction of sp³-hybridized carbons (Fsp3) is 0.491. The number of hydrogen-bond acceptors (Lipinski definition) is 4. The quantitative estimate of drug-likeness (QED) is 0.283. The molecule has 0 N–H and O–H groups in total. The first-order valence-corrected chi connectivity index (χ1v) is 23.7. The lowest BCUT2D eigenvalue weighted by Crippen LogP contribution is -2.64. The number of ether oxygens (including phenoxy) is 2. The fourth-order valence-corrected chi connectivity index (χ4v) is 14.1. The van der Waals surface area contributed by atoms with Gasteiger partial charge in [0.25, 0.3) is 0 Å². The molecule has 4 heteroatoms. The zero-order valence-electron chi connectivity index (χ0n) is 34.7. The number of para-hydroxylation sites is 1. The van der Waals surface area contributed by atoms with E-state index in [2.05, 4.69) is 120 Å². The SMILES string of the molecule is C1=CCCC(N(C2=CCC(C3CCC4C(C3)OC3C=CCCC3C43C4=CCCC=C4OC4C=C(C5CCCc6oc7ccccc7c65)C=CC43)C=C2)C2C=CCCC2)=C1. The molecule has 1 spiro atoms. The van der Waals surface area contributed by atoms with Gasteiger partial charge in [-0.3, -0.25) is 0 Å². The van der Waals surface area contributed by atoms with E-state index >= 15 is 0 Å². The molecule has 3 heterocycles. The topological polar surface area (TPSA) is 34.8 Å². The molecular weight excluding hydrogens is 723 g/mol. The number of rotatable bonds is 5. The molecule has 12 rings (SSSR count). The van der Waals surface area contributed by atoms with Crippen molar-refractivity contribution in [2.75, 3.05) is 0 Å². The molecule has 1 aromatic heterocycles. The molecule has 11 atom stereocenters. The minimum absolute atomic E-state index is 0.00271. The maximum absolute atomic E-state index is 7.41. The first-order valence-electron chi connectivity index (χ1n) is 23.7. The number of hydrogen-bond donors (Lipinski definition) is 0. The molecular formula is C55H61NO3. The number of furan rings is 1. The van der Waals surface area contributed by atoms with Crippen LogP contribution in [0.2, 0.25) is 0 Å². The average Bonchev–Trinajstić information content (AvgIpc) is 3.69. The highest BCUT2D eigenvalue weighted by Gasteiger charge is 2.65. The molecule has 11 unspecified atom stereocenters. The molecule has 0 radical (unpaired) electrons. The van der Waals surface area contributed by atoms with Gasteiger partial charge < -0.3 is 18.8 Å². The number of fused-ring (bicyclic) bond motifs is 11. The van der Waals surface area contributed by atoms with Crippen molar-refractivity contribution in [2.24, 2.45) is 35.0 Å². The Morgan fingerprint density at radius 3 is 2.59 bits per heavy atom. The standard InChI is InChI=1S/C55H61NO3/c1-3-14-39(15-4-1)56(40-16-5-2-6-17-40)41-30-26-36(27-31-41)37-28-32-46-52(34-37)58-49-23-11-8-20-44(49)55(46)45-21-9-12-24-50(45)59-53-35-38(29-33-47(53)55)42-19-13-25-51-54(42)43-18-7-10-22-48(43)57-51/h1,3,5,7,10-11,14,16,18,21-24,26,29-31,33,35-37,40,42,44,46-47,49,52-53H,2,4,6,8-9,12-13,15,17,19-20,25,27-28,32,34H2. The zero-order chi connectivity index (χ0) is 38.9. The van der Waals surface area contributed by atoms with Gasteiger partial charge in [-0.15, -0.1) is 0 Å². The molecule has 0 amide bonds. The summed E-state index contributed by atoms with van der Waals surface area (Å²) in [5, 5.41) is 1.29. The van der Waals surface area contributed by atoms with Gasteiger partial charge in [-0.2, -0.15) is 0 Å². The largest absolute Gasteiger partial charge is 0.486 e. The lowest BCUT2D eigenvalue weighted by atomic mass is 9.45. The Labute approximate surface area is 351 Å². The second-order valence-corrected chi connectivity index (χ2v) is 19.5. The van der Waals surface area contributed by atoms with Gasteiger partial charge in [0, 0.05) is 46.0 Å². The molecule has 59 heavy (non-hydrogen) atoms. The Bertz CT molecular complexity index is 2300. The molecule has 4 nitrogen and oxygen atoms in total. The van der Waals surface area contributed by atoms with Crippen molar-refractivity contribution < 1.29 is 13.9 Å². The monoisotopic (exact) mass is 783 g/mol. The Kier molecular flexibility index (Phi) is 9.30. The van der Waals surface area contributed by atoms with Gasteiger partial charge >= 0.3 is 0 Å². The van der Waals surface area contributed by atoms with Gasteiger partial charge in [0.2, 0.25) is 0 Å². The lowest BCUT2D eigenvalue weighted by molar-refractivity contribution is -0.211. The van der Waals surface area contributed by atoms with Crippen molar-refractivity contribution in [3.05, 3.63) is 155 Å². The Hall–Kier alpha value is -4.28. The molecule has 0 bridgehead atoms. The van der Waals surface area contributed by atoms with Crippen LogP contribution in [0.15, 0.2) is 148 Å². The van der Waals surface area contributed by atoms with E-state index in [9.17, 15) is 0 Å². The second-order valence-electron chi connectivity index (χ2n) is 19.5. The van der Waals surface area contributed by atoms with Gasteiger partial charge in [0.1, 0.15) is 23.2 Å². The third kappa shape index (κ3) is 6.00. The molecule has 2 aliphatic heterocycles. The fourth-order valence-electron chi connectivity index (χ4n) is 14.1. The third-order valence-electron chi connectivity index (χ3n) is 16.6. The summed E-state index contributed by atoms with van der Waals surface area (Å²) in [6, 6.07) is 9.16. The van der Waals surface area contributed by atoms with Crippen LogP contribution in [0.1, 0.15) is 114 Å². The van der Waals surface area contributed by atoms with Crippen LogP contribution in [0.3, 0.4) is 0 Å². The normalized spacial score (nSPS) is 38.1. The number of allylic oxidation sites excluding steroid dienone is 14. The summed E-state index contributed by atoms with van der Waals surface area (Å²) in [5.74, 6) is 5.16. The zero-order valence-corrected chi connectivity index (χ0v) is 34.7. The highest BCUT2D eigenvalue weighted by molar-refractivity contribution is 5.84. The summed E-state index contributed by atoms with van der Waals surface area (Å²) in [7, 11) is 0. The Balaban J connectivity index is 0.856. The average molecular weight is 784 g/mol. The van der Waals surface area contributed by atoms with Crippen LogP contribution in [0.5, 0.6) is 0 Å². The smallest absolute Gasteiger partial charge is 0.134 e. The van der Waals surface area contributed by atoms with E-state index < -0.39 is 0 Å². The molecule has 304 valence electrons. The van der Waals surface area contributed by atoms with Crippen LogP contribution in [0.4, 0.5) is 0 Å². The highest BCUT2D eigenvalue weighted by Crippen LogP contribution is 2.67. The molecule has 1 saturated carbocycles. The van der Waals surface area contributed by atoms with E-state index in [0.717, 1.165) is 69.8 Å². The number of aryl methyl sites for hydroxylation is 1. The minimum Gasteiger partial charge on any atom is -0.486 e. The summed E-state index contributed by atoms with van der Waals surface area (Å²) in [4.78, 5) is 2.68. The van der Waals surface area contributed by atoms with E-state index in [4.69, 9.17) is 13.9 Å². The van der Waals surface area contributed by atoms with Crippen LogP contribution < -0.4 is 0 Å². The number of nitrogens with zero attached hydrogens (tertiary/aromatic N) is 1. The third-order valence-corrected chi connectivity index (χ3v) is 16.6. The molecule has 1 aromatic carbocycles. The molecule has 10 aliphatic rings. The summed E-state index contributed by atoms with van der Waals surface area (Å²) in [5.41, 5.74) is 8.31. The lowest BCUT2D eigenvalue weighted by Gasteiger charge is -2.65. The van der Waals surface area contributed by atoms with Crippen LogP contribution >= 0.6 is 0 Å². The van der Waals surface area contributed by atoms with Crippen molar-refractivity contribution >= 4 is 11.0 Å².